The minimum absolute atomic E-state index is 0.0485. The zero-order valence-electron chi connectivity index (χ0n) is 12.3. The van der Waals surface area contributed by atoms with Gasteiger partial charge in [0.2, 0.25) is 5.91 Å². The topological polar surface area (TPSA) is 67.6 Å². The molecule has 1 unspecified atom stereocenters. The first-order chi connectivity index (χ1) is 10.1. The molecule has 3 N–H and O–H groups in total. The molecule has 0 saturated carbocycles. The highest BCUT2D eigenvalue weighted by Gasteiger charge is 2.29. The van der Waals surface area contributed by atoms with Gasteiger partial charge < -0.3 is 15.8 Å². The van der Waals surface area contributed by atoms with Gasteiger partial charge in [0.15, 0.2) is 0 Å². The zero-order chi connectivity index (χ0) is 15.2. The number of amides is 1. The van der Waals surface area contributed by atoms with E-state index in [9.17, 15) is 9.18 Å². The summed E-state index contributed by atoms with van der Waals surface area (Å²) in [6, 6.07) is 4.48. The lowest BCUT2D eigenvalue weighted by molar-refractivity contribution is -0.132. The van der Waals surface area contributed by atoms with E-state index in [2.05, 4.69) is 5.32 Å². The van der Waals surface area contributed by atoms with Crippen molar-refractivity contribution in [2.45, 2.75) is 26.1 Å². The smallest absolute Gasteiger partial charge is 0.239 e. The quantitative estimate of drug-likeness (QED) is 0.836. The Bertz CT molecular complexity index is 496. The van der Waals surface area contributed by atoms with Crippen molar-refractivity contribution < 1.29 is 13.9 Å². The van der Waals surface area contributed by atoms with Gasteiger partial charge >= 0.3 is 0 Å². The van der Waals surface area contributed by atoms with Crippen molar-refractivity contribution in [3.8, 4) is 0 Å². The van der Waals surface area contributed by atoms with Crippen LogP contribution in [-0.2, 0) is 22.6 Å². The molecule has 0 aromatic heterocycles. The van der Waals surface area contributed by atoms with Gasteiger partial charge in [-0.2, -0.15) is 0 Å². The van der Waals surface area contributed by atoms with Crippen LogP contribution in [0.5, 0.6) is 0 Å². The Morgan fingerprint density at radius 1 is 1.48 bits per heavy atom. The molecule has 2 rings (SSSR count). The monoisotopic (exact) mass is 295 g/mol. The molecule has 6 heteroatoms. The lowest BCUT2D eigenvalue weighted by Gasteiger charge is -2.34. The van der Waals surface area contributed by atoms with E-state index in [1.165, 1.54) is 12.1 Å². The van der Waals surface area contributed by atoms with Gasteiger partial charge in [0.25, 0.3) is 0 Å². The molecule has 0 aliphatic carbocycles. The number of nitrogens with two attached hydrogens (primary N) is 1. The van der Waals surface area contributed by atoms with Gasteiger partial charge in [-0.3, -0.25) is 9.69 Å². The molecule has 1 aromatic rings. The Hall–Kier alpha value is -1.50. The number of likely N-dealkylation sites (N-methyl/N-ethyl adjacent to an activating group) is 1. The molecule has 1 aromatic carbocycles. The van der Waals surface area contributed by atoms with Crippen molar-refractivity contribution in [2.75, 3.05) is 26.3 Å². The second-order valence-electron chi connectivity index (χ2n) is 5.13. The maximum absolute atomic E-state index is 13.6. The van der Waals surface area contributed by atoms with Crippen LogP contribution in [0.4, 0.5) is 4.39 Å². The molecule has 1 atom stereocenters. The summed E-state index contributed by atoms with van der Waals surface area (Å²) in [4.78, 5) is 14.1. The molecule has 0 radical (unpaired) electrons. The summed E-state index contributed by atoms with van der Waals surface area (Å²) in [5.74, 6) is -0.344. The normalized spacial score (nSPS) is 19.5. The van der Waals surface area contributed by atoms with Gasteiger partial charge in [0.05, 0.1) is 13.2 Å². The summed E-state index contributed by atoms with van der Waals surface area (Å²) in [6.45, 7) is 4.87. The summed E-state index contributed by atoms with van der Waals surface area (Å²) in [7, 11) is 0. The fraction of sp³-hybridized carbons (Fsp3) is 0.533. The van der Waals surface area contributed by atoms with E-state index in [1.54, 1.807) is 0 Å². The van der Waals surface area contributed by atoms with Crippen molar-refractivity contribution in [3.05, 3.63) is 35.1 Å². The van der Waals surface area contributed by atoms with Gasteiger partial charge in [-0.15, -0.1) is 0 Å². The number of hydrogen-bond acceptors (Lipinski definition) is 4. The minimum Gasteiger partial charge on any atom is -0.378 e. The molecule has 1 amide bonds. The average molecular weight is 295 g/mol. The standard InChI is InChI=1S/C15H22FN3O2/c1-2-18-15(20)14-10-21-4-3-19(14)9-12-5-11(8-17)6-13(16)7-12/h5-7,14H,2-4,8-10,17H2,1H3,(H,18,20). The molecule has 1 aliphatic heterocycles. The van der Waals surface area contributed by atoms with Crippen LogP contribution in [0.2, 0.25) is 0 Å². The predicted molar refractivity (Wildman–Crippen MR) is 78.0 cm³/mol. The predicted octanol–water partition coefficient (Wildman–Crippen LogP) is 0.621. The molecule has 21 heavy (non-hydrogen) atoms. The Labute approximate surface area is 124 Å². The van der Waals surface area contributed by atoms with Crippen LogP contribution in [0.3, 0.4) is 0 Å². The number of carbonyl (C=O) groups is 1. The molecule has 1 heterocycles. The van der Waals surface area contributed by atoms with E-state index in [1.807, 2.05) is 17.9 Å². The van der Waals surface area contributed by atoms with Crippen LogP contribution in [0.15, 0.2) is 18.2 Å². The van der Waals surface area contributed by atoms with Crippen molar-refractivity contribution in [1.82, 2.24) is 10.2 Å². The van der Waals surface area contributed by atoms with E-state index >= 15 is 0 Å². The van der Waals surface area contributed by atoms with Crippen molar-refractivity contribution in [1.29, 1.82) is 0 Å². The highest BCUT2D eigenvalue weighted by Crippen LogP contribution is 2.15. The van der Waals surface area contributed by atoms with E-state index in [0.717, 1.165) is 11.1 Å². The van der Waals surface area contributed by atoms with E-state index < -0.39 is 0 Å². The molecule has 116 valence electrons. The summed E-state index contributed by atoms with van der Waals surface area (Å²) in [5, 5.41) is 2.81. The Morgan fingerprint density at radius 3 is 2.95 bits per heavy atom. The fourth-order valence-electron chi connectivity index (χ4n) is 2.52. The summed E-state index contributed by atoms with van der Waals surface area (Å²) < 4.78 is 19.0. The van der Waals surface area contributed by atoms with Crippen LogP contribution >= 0.6 is 0 Å². The maximum Gasteiger partial charge on any atom is 0.239 e. The first-order valence-corrected chi connectivity index (χ1v) is 7.22. The van der Waals surface area contributed by atoms with Gasteiger partial charge in [-0.25, -0.2) is 4.39 Å². The molecule has 1 aliphatic rings. The highest BCUT2D eigenvalue weighted by atomic mass is 19.1. The molecule has 1 fully saturated rings. The number of nitrogens with one attached hydrogen (secondary N) is 1. The molecule has 0 bridgehead atoms. The number of benzene rings is 1. The number of morpholine rings is 1. The lowest BCUT2D eigenvalue weighted by atomic mass is 10.1. The van der Waals surface area contributed by atoms with E-state index in [-0.39, 0.29) is 17.8 Å². The summed E-state index contributed by atoms with van der Waals surface area (Å²) in [5.41, 5.74) is 7.15. The first kappa shape index (κ1) is 15.9. The van der Waals surface area contributed by atoms with Gasteiger partial charge in [-0.1, -0.05) is 6.07 Å². The second-order valence-corrected chi connectivity index (χ2v) is 5.13. The number of nitrogens with zero attached hydrogens (tertiary/aromatic N) is 1. The largest absolute Gasteiger partial charge is 0.378 e. The van der Waals surface area contributed by atoms with Crippen LogP contribution in [-0.4, -0.2) is 43.2 Å². The van der Waals surface area contributed by atoms with Crippen LogP contribution in [0.25, 0.3) is 0 Å². The van der Waals surface area contributed by atoms with Crippen molar-refractivity contribution >= 4 is 5.91 Å². The fourth-order valence-corrected chi connectivity index (χ4v) is 2.52. The van der Waals surface area contributed by atoms with Gasteiger partial charge in [0.1, 0.15) is 11.9 Å². The number of carbonyl (C=O) groups excluding carboxylic acids is 1. The third-order valence-corrected chi connectivity index (χ3v) is 3.53. The first-order valence-electron chi connectivity index (χ1n) is 7.22. The third-order valence-electron chi connectivity index (χ3n) is 3.53. The minimum atomic E-state index is -0.330. The number of ether oxygens (including phenoxy) is 1. The van der Waals surface area contributed by atoms with Crippen molar-refractivity contribution in [3.63, 3.8) is 0 Å². The SMILES string of the molecule is CCNC(=O)C1COCCN1Cc1cc(F)cc(CN)c1. The van der Waals surface area contributed by atoms with Crippen LogP contribution in [0, 0.1) is 5.82 Å². The molecule has 5 nitrogen and oxygen atoms in total. The summed E-state index contributed by atoms with van der Waals surface area (Å²) in [6.07, 6.45) is 0. The number of rotatable bonds is 5. The molecular weight excluding hydrogens is 273 g/mol. The van der Waals surface area contributed by atoms with Gasteiger partial charge in [-0.05, 0) is 30.2 Å². The summed E-state index contributed by atoms with van der Waals surface area (Å²) >= 11 is 0. The number of hydrogen-bond donors (Lipinski definition) is 2. The Morgan fingerprint density at radius 2 is 2.24 bits per heavy atom. The average Bonchev–Trinajstić information content (AvgIpc) is 2.47. The zero-order valence-corrected chi connectivity index (χ0v) is 12.3. The maximum atomic E-state index is 13.6. The molecular formula is C15H22FN3O2. The number of halogens is 1. The lowest BCUT2D eigenvalue weighted by Crippen LogP contribution is -2.53. The second kappa shape index (κ2) is 7.49. The molecule has 1 saturated heterocycles. The van der Waals surface area contributed by atoms with Crippen LogP contribution in [0.1, 0.15) is 18.1 Å². The van der Waals surface area contributed by atoms with E-state index in [4.69, 9.17) is 10.5 Å². The van der Waals surface area contributed by atoms with Crippen LogP contribution < -0.4 is 11.1 Å². The van der Waals surface area contributed by atoms with E-state index in [0.29, 0.717) is 39.4 Å². The van der Waals surface area contributed by atoms with Gasteiger partial charge in [0, 0.05) is 26.2 Å². The highest BCUT2D eigenvalue weighted by molar-refractivity contribution is 5.81. The van der Waals surface area contributed by atoms with Crippen molar-refractivity contribution in [2.24, 2.45) is 5.73 Å². The Kier molecular flexibility index (Phi) is 5.67. The Balaban J connectivity index is 2.11. The third kappa shape index (κ3) is 4.23. The molecule has 0 spiro atoms.